The van der Waals surface area contributed by atoms with E-state index in [1.165, 1.54) is 6.07 Å². The molecule has 33 heavy (non-hydrogen) atoms. The highest BCUT2D eigenvalue weighted by molar-refractivity contribution is 6.30. The maximum atomic E-state index is 9.24. The molecule has 4 heteroatoms. The monoisotopic (exact) mass is 457 g/mol. The number of rotatable bonds is 3. The molecule has 0 saturated heterocycles. The molecule has 6 rings (SSSR count). The van der Waals surface area contributed by atoms with Gasteiger partial charge in [0.2, 0.25) is 0 Å². The van der Waals surface area contributed by atoms with Crippen LogP contribution in [0.15, 0.2) is 109 Å². The molecule has 0 unspecified atom stereocenters. The fourth-order valence-electron chi connectivity index (χ4n) is 3.35. The van der Waals surface area contributed by atoms with Crippen LogP contribution >= 0.6 is 11.6 Å². The van der Waals surface area contributed by atoms with Gasteiger partial charge in [-0.1, -0.05) is 102 Å². The first kappa shape index (κ1) is 9.82. The quantitative estimate of drug-likeness (QED) is 0.254. The first-order valence-electron chi connectivity index (χ1n) is 16.6. The summed E-state index contributed by atoms with van der Waals surface area (Å²) in [5.74, 6) is -0.987. The van der Waals surface area contributed by atoms with Gasteiger partial charge >= 0.3 is 0 Å². The van der Waals surface area contributed by atoms with Gasteiger partial charge in [0.05, 0.1) is 19.2 Å². The van der Waals surface area contributed by atoms with Crippen LogP contribution in [0.1, 0.15) is 19.2 Å². The molecule has 0 aliphatic rings. The third kappa shape index (κ3) is 3.63. The Balaban J connectivity index is 1.89. The molecule has 1 aromatic heterocycles. The molecule has 0 atom stereocenters. The first-order valence-corrected chi connectivity index (χ1v) is 9.98. The zero-order valence-electron chi connectivity index (χ0n) is 30.5. The van der Waals surface area contributed by atoms with Crippen LogP contribution in [0, 0.1) is 0 Å². The largest absolute Gasteiger partial charge is 0.208 e. The molecule has 0 fully saturated rings. The Hall–Kier alpha value is -4.08. The van der Waals surface area contributed by atoms with Crippen molar-refractivity contribution in [2.24, 2.45) is 0 Å². The first-order chi connectivity index (χ1) is 22.1. The molecule has 1 heterocycles. The number of fused-ring (bicyclic) bond motifs is 3. The lowest BCUT2D eigenvalue weighted by Crippen LogP contribution is -2.00. The lowest BCUT2D eigenvalue weighted by molar-refractivity contribution is 1.08. The van der Waals surface area contributed by atoms with Crippen LogP contribution in [0.4, 0.5) is 0 Å². The summed E-state index contributed by atoms with van der Waals surface area (Å²) in [5.41, 5.74) is -0.484. The summed E-state index contributed by atoms with van der Waals surface area (Å²) < 4.78 is 119. The minimum Gasteiger partial charge on any atom is -0.208 e. The molecule has 0 spiro atoms. The second kappa shape index (κ2) is 8.12. The topological polar surface area (TPSA) is 38.7 Å². The van der Waals surface area contributed by atoms with Crippen LogP contribution in [0.5, 0.6) is 0 Å². The minimum absolute atomic E-state index is 0.136. The summed E-state index contributed by atoms with van der Waals surface area (Å²) in [6.45, 7) is 0. The Labute approximate surface area is 216 Å². The average Bonchev–Trinajstić information content (AvgIpc) is 3.05. The number of hydrogen-bond acceptors (Lipinski definition) is 3. The third-order valence-corrected chi connectivity index (χ3v) is 5.03. The molecule has 0 N–H and O–H groups in total. The van der Waals surface area contributed by atoms with Gasteiger partial charge in [-0.25, -0.2) is 15.0 Å². The summed E-state index contributed by atoms with van der Waals surface area (Å²) in [5, 5.41) is -1.03. The van der Waals surface area contributed by atoms with Gasteiger partial charge in [-0.3, -0.25) is 0 Å². The molecule has 156 valence electrons. The molecule has 0 amide bonds. The van der Waals surface area contributed by atoms with E-state index in [-0.39, 0.29) is 43.5 Å². The van der Waals surface area contributed by atoms with Crippen molar-refractivity contribution in [1.29, 1.82) is 0 Å². The van der Waals surface area contributed by atoms with E-state index in [0.717, 1.165) is 0 Å². The highest BCUT2D eigenvalue weighted by Gasteiger charge is 2.15. The Bertz CT molecular complexity index is 2350. The molecule has 0 aliphatic heterocycles. The maximum absolute atomic E-state index is 9.24. The Morgan fingerprint density at radius 2 is 1.24 bits per heavy atom. The summed E-state index contributed by atoms with van der Waals surface area (Å²) >= 11 is 6.23. The number of benzene rings is 5. The van der Waals surface area contributed by atoms with Gasteiger partial charge in [-0.2, -0.15) is 0 Å². The zero-order chi connectivity index (χ0) is 34.4. The molecule has 6 aromatic rings. The lowest BCUT2D eigenvalue weighted by atomic mass is 9.97. The van der Waals surface area contributed by atoms with Crippen molar-refractivity contribution >= 4 is 33.1 Å². The molecular formula is C29H18ClN3. The predicted molar refractivity (Wildman–Crippen MR) is 136 cm³/mol. The van der Waals surface area contributed by atoms with Gasteiger partial charge in [0.1, 0.15) is 0 Å². The van der Waals surface area contributed by atoms with Gasteiger partial charge in [0, 0.05) is 21.7 Å². The van der Waals surface area contributed by atoms with E-state index < -0.39 is 102 Å². The summed E-state index contributed by atoms with van der Waals surface area (Å²) in [6.07, 6.45) is 0. The standard InChI is InChI=1S/C29H18ClN3/c30-22-13-8-12-21(17-22)28-31-27(19-9-2-1-3-10-19)32-29(33-28)26-18-20-11-4-5-14-23(20)24-15-6-7-16-25(24)26/h1-18H/i1D,2D,3D,4D,5D,6D,7D,9D,10D,11D,14D,15D,16D,18D. The summed E-state index contributed by atoms with van der Waals surface area (Å²) in [7, 11) is 0. The van der Waals surface area contributed by atoms with Crippen molar-refractivity contribution in [3.8, 4) is 34.2 Å². The molecule has 0 bridgehead atoms. The van der Waals surface area contributed by atoms with Crippen molar-refractivity contribution in [2.75, 3.05) is 0 Å². The van der Waals surface area contributed by atoms with Crippen molar-refractivity contribution in [3.63, 3.8) is 0 Å². The van der Waals surface area contributed by atoms with Crippen LogP contribution in [0.3, 0.4) is 0 Å². The van der Waals surface area contributed by atoms with E-state index in [1.807, 2.05) is 0 Å². The van der Waals surface area contributed by atoms with E-state index in [1.54, 1.807) is 18.2 Å². The second-order valence-corrected chi connectivity index (χ2v) is 7.25. The van der Waals surface area contributed by atoms with Crippen LogP contribution in [-0.2, 0) is 0 Å². The number of halogens is 1. The molecule has 0 radical (unpaired) electrons. The molecule has 3 nitrogen and oxygen atoms in total. The Morgan fingerprint density at radius 1 is 0.606 bits per heavy atom. The molecular weight excluding hydrogens is 426 g/mol. The third-order valence-electron chi connectivity index (χ3n) is 4.79. The second-order valence-electron chi connectivity index (χ2n) is 6.82. The number of nitrogens with zero attached hydrogens (tertiary/aromatic N) is 3. The zero-order valence-corrected chi connectivity index (χ0v) is 17.3. The van der Waals surface area contributed by atoms with Crippen molar-refractivity contribution in [1.82, 2.24) is 15.0 Å². The van der Waals surface area contributed by atoms with Crippen molar-refractivity contribution < 1.29 is 19.2 Å². The highest BCUT2D eigenvalue weighted by atomic mass is 35.5. The maximum Gasteiger partial charge on any atom is 0.164 e. The van der Waals surface area contributed by atoms with Gasteiger partial charge in [-0.05, 0) is 39.7 Å². The van der Waals surface area contributed by atoms with Crippen LogP contribution in [0.25, 0.3) is 55.7 Å². The van der Waals surface area contributed by atoms with E-state index in [4.69, 9.17) is 29.4 Å². The number of aromatic nitrogens is 3. The van der Waals surface area contributed by atoms with Gasteiger partial charge in [0.15, 0.2) is 17.5 Å². The molecule has 0 saturated carbocycles. The van der Waals surface area contributed by atoms with Crippen LogP contribution < -0.4 is 0 Å². The fourth-order valence-corrected chi connectivity index (χ4v) is 3.54. The van der Waals surface area contributed by atoms with Crippen molar-refractivity contribution in [2.45, 2.75) is 0 Å². The Kier molecular flexibility index (Phi) is 2.42. The fraction of sp³-hybridized carbons (Fsp3) is 0. The SMILES string of the molecule is [2H]c1c([2H])c([2H])c(-c2nc(-c3cccc(Cl)c3)nc(-c3c([2H])c4c([2H])c([2H])c([2H])c([2H])c4c4c([2H])c([2H])c([2H])c([2H])c34)n2)c([2H])c1[2H]. The number of hydrogen-bond donors (Lipinski definition) is 0. The van der Waals surface area contributed by atoms with Crippen LogP contribution in [-0.4, -0.2) is 15.0 Å². The molecule has 5 aromatic carbocycles. The summed E-state index contributed by atoms with van der Waals surface area (Å²) in [6, 6.07) is -2.95. The summed E-state index contributed by atoms with van der Waals surface area (Å²) in [4.78, 5) is 13.3. The van der Waals surface area contributed by atoms with Gasteiger partial charge in [-0.15, -0.1) is 0 Å². The van der Waals surface area contributed by atoms with Gasteiger partial charge in [0.25, 0.3) is 0 Å². The van der Waals surface area contributed by atoms with E-state index in [2.05, 4.69) is 15.0 Å². The highest BCUT2D eigenvalue weighted by Crippen LogP contribution is 2.35. The van der Waals surface area contributed by atoms with E-state index >= 15 is 0 Å². The van der Waals surface area contributed by atoms with Crippen LogP contribution in [0.2, 0.25) is 5.02 Å². The predicted octanol–water partition coefficient (Wildman–Crippen LogP) is 7.83. The molecule has 0 aliphatic carbocycles. The van der Waals surface area contributed by atoms with Gasteiger partial charge < -0.3 is 0 Å². The van der Waals surface area contributed by atoms with E-state index in [0.29, 0.717) is 0 Å². The minimum atomic E-state index is -0.696. The average molecular weight is 458 g/mol. The normalized spacial score (nSPS) is 17.1. The Morgan fingerprint density at radius 3 is 2.03 bits per heavy atom. The van der Waals surface area contributed by atoms with E-state index in [9.17, 15) is 1.37 Å². The smallest absolute Gasteiger partial charge is 0.164 e. The lowest BCUT2D eigenvalue weighted by Gasteiger charge is -2.12. The van der Waals surface area contributed by atoms with Crippen molar-refractivity contribution in [3.05, 3.63) is 114 Å².